The minimum Gasteiger partial charge on any atom is -0.300 e. The zero-order valence-corrected chi connectivity index (χ0v) is 9.68. The van der Waals surface area contributed by atoms with Crippen LogP contribution < -0.4 is 0 Å². The maximum Gasteiger partial charge on any atom is 0.129 e. The van der Waals surface area contributed by atoms with Crippen LogP contribution in [0.1, 0.15) is 52.9 Å². The minimum absolute atomic E-state index is 0.364. The molecule has 0 heterocycles. The van der Waals surface area contributed by atoms with Gasteiger partial charge in [0.1, 0.15) is 5.78 Å². The molecule has 2 fully saturated rings. The minimum atomic E-state index is 0.364. The van der Waals surface area contributed by atoms with E-state index in [1.165, 1.54) is 19.3 Å². The molecule has 0 amide bonds. The Bertz CT molecular complexity index is 242. The fourth-order valence-electron chi connectivity index (χ4n) is 3.93. The molecule has 0 aliphatic heterocycles. The maximum atomic E-state index is 11.0. The molecule has 0 N–H and O–H groups in total. The van der Waals surface area contributed by atoms with Crippen molar-refractivity contribution in [3.63, 3.8) is 0 Å². The van der Waals surface area contributed by atoms with Gasteiger partial charge in [0.15, 0.2) is 0 Å². The highest BCUT2D eigenvalue weighted by molar-refractivity contribution is 5.75. The van der Waals surface area contributed by atoms with Gasteiger partial charge < -0.3 is 4.79 Å². The third-order valence-electron chi connectivity index (χ3n) is 4.86. The lowest BCUT2D eigenvalue weighted by molar-refractivity contribution is -0.117. The van der Waals surface area contributed by atoms with Gasteiger partial charge in [-0.3, -0.25) is 0 Å². The van der Waals surface area contributed by atoms with E-state index in [-0.39, 0.29) is 0 Å². The number of fused-ring (bicyclic) bond motifs is 2. The molecule has 14 heavy (non-hydrogen) atoms. The van der Waals surface area contributed by atoms with Crippen molar-refractivity contribution in [1.82, 2.24) is 0 Å². The number of hydrogen-bond donors (Lipinski definition) is 0. The van der Waals surface area contributed by atoms with Gasteiger partial charge in [-0.05, 0) is 55.8 Å². The predicted octanol–water partition coefficient (Wildman–Crippen LogP) is 3.43. The summed E-state index contributed by atoms with van der Waals surface area (Å²) in [5.74, 6) is 3.08. The molecule has 0 saturated heterocycles. The first-order valence-corrected chi connectivity index (χ1v) is 6.01. The molecule has 2 rings (SSSR count). The highest BCUT2D eigenvalue weighted by atomic mass is 16.1. The van der Waals surface area contributed by atoms with Gasteiger partial charge in [-0.15, -0.1) is 0 Å². The first-order valence-electron chi connectivity index (χ1n) is 6.01. The van der Waals surface area contributed by atoms with Crippen LogP contribution in [-0.4, -0.2) is 5.78 Å². The Kier molecular flexibility index (Phi) is 2.45. The lowest BCUT2D eigenvalue weighted by atomic mass is 9.67. The van der Waals surface area contributed by atoms with Crippen LogP contribution in [0.2, 0.25) is 0 Å². The summed E-state index contributed by atoms with van der Waals surface area (Å²) < 4.78 is 0. The van der Waals surface area contributed by atoms with Gasteiger partial charge in [0.2, 0.25) is 0 Å². The molecule has 0 spiro atoms. The van der Waals surface area contributed by atoms with Gasteiger partial charge in [-0.1, -0.05) is 13.8 Å². The summed E-state index contributed by atoms with van der Waals surface area (Å²) in [5.41, 5.74) is 0.512. The third-order valence-corrected chi connectivity index (χ3v) is 4.86. The summed E-state index contributed by atoms with van der Waals surface area (Å²) in [6.07, 6.45) is 6.25. The Morgan fingerprint density at radius 3 is 2.57 bits per heavy atom. The Labute approximate surface area is 87.3 Å². The van der Waals surface area contributed by atoms with Crippen molar-refractivity contribution in [1.29, 1.82) is 0 Å². The van der Waals surface area contributed by atoms with Crippen molar-refractivity contribution < 1.29 is 4.79 Å². The van der Waals surface area contributed by atoms with Gasteiger partial charge in [0.05, 0.1) is 0 Å². The fraction of sp³-hybridized carbons (Fsp3) is 0.923. The van der Waals surface area contributed by atoms with Gasteiger partial charge in [-0.2, -0.15) is 0 Å². The second-order valence-electron chi connectivity index (χ2n) is 5.94. The lowest BCUT2D eigenvalue weighted by Crippen LogP contribution is -2.30. The Morgan fingerprint density at radius 1 is 1.36 bits per heavy atom. The summed E-state index contributed by atoms with van der Waals surface area (Å²) in [6, 6.07) is 0. The average Bonchev–Trinajstić information content (AvgIpc) is 2.59. The van der Waals surface area contributed by atoms with Crippen LogP contribution in [0.4, 0.5) is 0 Å². The summed E-state index contributed by atoms with van der Waals surface area (Å²) in [7, 11) is 0. The molecule has 3 atom stereocenters. The lowest BCUT2D eigenvalue weighted by Gasteiger charge is -2.38. The number of ketones is 1. The highest BCUT2D eigenvalue weighted by Gasteiger charge is 2.51. The molecular weight excluding hydrogens is 172 g/mol. The summed E-state index contributed by atoms with van der Waals surface area (Å²) >= 11 is 0. The molecule has 2 saturated carbocycles. The second kappa shape index (κ2) is 3.36. The summed E-state index contributed by atoms with van der Waals surface area (Å²) in [6.45, 7) is 6.56. The summed E-state index contributed by atoms with van der Waals surface area (Å²) in [5, 5.41) is 0. The van der Waals surface area contributed by atoms with Crippen LogP contribution >= 0.6 is 0 Å². The topological polar surface area (TPSA) is 17.1 Å². The average molecular weight is 194 g/mol. The van der Waals surface area contributed by atoms with E-state index >= 15 is 0 Å². The van der Waals surface area contributed by atoms with E-state index < -0.39 is 0 Å². The van der Waals surface area contributed by atoms with Gasteiger partial charge in [-0.25, -0.2) is 0 Å². The van der Waals surface area contributed by atoms with Crippen LogP contribution in [0.15, 0.2) is 0 Å². The Hall–Kier alpha value is -0.330. The maximum absolute atomic E-state index is 11.0. The van der Waals surface area contributed by atoms with Crippen LogP contribution in [0.3, 0.4) is 0 Å². The zero-order chi connectivity index (χ0) is 10.3. The number of Topliss-reactive ketones (excluding diaryl/α,β-unsaturated/α-hetero) is 1. The number of hydrogen-bond acceptors (Lipinski definition) is 1. The molecular formula is C13H22O. The van der Waals surface area contributed by atoms with Gasteiger partial charge in [0.25, 0.3) is 0 Å². The van der Waals surface area contributed by atoms with Crippen LogP contribution in [0.25, 0.3) is 0 Å². The molecule has 80 valence electrons. The molecule has 1 nitrogen and oxygen atoms in total. The third kappa shape index (κ3) is 1.51. The standard InChI is InChI=1S/C13H22O/c1-9(14)4-7-12-10-5-6-11(8-10)13(12,2)3/h10-12H,4-8H2,1-3H3/t10-,11+,12-/m1/s1. The SMILES string of the molecule is CC(=O)CC[C@@H]1[C@@H]2CC[C@@H](C2)C1(C)C. The quantitative estimate of drug-likeness (QED) is 0.672. The van der Waals surface area contributed by atoms with Crippen LogP contribution in [0, 0.1) is 23.2 Å². The van der Waals surface area contributed by atoms with Crippen LogP contribution in [0.5, 0.6) is 0 Å². The van der Waals surface area contributed by atoms with Gasteiger partial charge in [0, 0.05) is 6.42 Å². The normalized spacial score (nSPS) is 38.9. The zero-order valence-electron chi connectivity index (χ0n) is 9.68. The molecule has 0 unspecified atom stereocenters. The fourth-order valence-corrected chi connectivity index (χ4v) is 3.93. The molecule has 2 aliphatic rings. The number of carbonyl (C=O) groups excluding carboxylic acids is 1. The van der Waals surface area contributed by atoms with Crippen molar-refractivity contribution >= 4 is 5.78 Å². The number of carbonyl (C=O) groups is 1. The molecule has 0 aromatic carbocycles. The van der Waals surface area contributed by atoms with E-state index in [1.54, 1.807) is 6.92 Å². The Balaban J connectivity index is 2.01. The van der Waals surface area contributed by atoms with Gasteiger partial charge >= 0.3 is 0 Å². The van der Waals surface area contributed by atoms with Crippen molar-refractivity contribution in [3.05, 3.63) is 0 Å². The molecule has 2 bridgehead atoms. The monoisotopic (exact) mass is 194 g/mol. The molecule has 0 aromatic heterocycles. The largest absolute Gasteiger partial charge is 0.300 e. The van der Waals surface area contributed by atoms with E-state index in [9.17, 15) is 4.79 Å². The molecule has 2 aliphatic carbocycles. The van der Waals surface area contributed by atoms with Crippen LogP contribution in [-0.2, 0) is 4.79 Å². The van der Waals surface area contributed by atoms with Crippen molar-refractivity contribution in [3.8, 4) is 0 Å². The predicted molar refractivity (Wildman–Crippen MR) is 58.0 cm³/mol. The smallest absolute Gasteiger partial charge is 0.129 e. The molecule has 1 heteroatoms. The van der Waals surface area contributed by atoms with Crippen molar-refractivity contribution in [2.75, 3.05) is 0 Å². The van der Waals surface area contributed by atoms with Crippen molar-refractivity contribution in [2.45, 2.75) is 52.9 Å². The van der Waals surface area contributed by atoms with E-state index in [2.05, 4.69) is 13.8 Å². The van der Waals surface area contributed by atoms with E-state index in [4.69, 9.17) is 0 Å². The van der Waals surface area contributed by atoms with E-state index in [0.717, 1.165) is 30.6 Å². The second-order valence-corrected chi connectivity index (χ2v) is 5.94. The molecule has 0 aromatic rings. The first-order chi connectivity index (χ1) is 6.51. The van der Waals surface area contributed by atoms with E-state index in [1.807, 2.05) is 0 Å². The van der Waals surface area contributed by atoms with Crippen molar-refractivity contribution in [2.24, 2.45) is 23.2 Å². The number of rotatable bonds is 3. The first kappa shape index (κ1) is 10.2. The van der Waals surface area contributed by atoms with E-state index in [0.29, 0.717) is 11.2 Å². The molecule has 0 radical (unpaired) electrons. The summed E-state index contributed by atoms with van der Waals surface area (Å²) in [4.78, 5) is 11.0. The Morgan fingerprint density at radius 2 is 2.07 bits per heavy atom. The highest BCUT2D eigenvalue weighted by Crippen LogP contribution is 2.60.